The Hall–Kier alpha value is -0.340. The minimum absolute atomic E-state index is 0.00118. The van der Waals surface area contributed by atoms with Gasteiger partial charge < -0.3 is 5.73 Å². The monoisotopic (exact) mass is 352 g/mol. The maximum absolute atomic E-state index is 12.2. The summed E-state index contributed by atoms with van der Waals surface area (Å²) in [5.74, 6) is 0. The van der Waals surface area contributed by atoms with E-state index in [4.69, 9.17) is 29.6 Å². The molecule has 20 heavy (non-hydrogen) atoms. The Bertz CT molecular complexity index is 590. The molecule has 8 heteroatoms. The Balaban J connectivity index is 2.92. The summed E-state index contributed by atoms with van der Waals surface area (Å²) in [6.45, 7) is 2.40. The average Bonchev–Trinajstić information content (AvgIpc) is 2.38. The summed E-state index contributed by atoms with van der Waals surface area (Å²) < 4.78 is 27.0. The molecule has 0 spiro atoms. The minimum Gasteiger partial charge on any atom is -0.389 e. The van der Waals surface area contributed by atoms with Crippen molar-refractivity contribution in [3.05, 3.63) is 28.8 Å². The molecule has 0 aliphatic rings. The molecule has 1 aromatic rings. The van der Waals surface area contributed by atoms with Gasteiger partial charge in [-0.25, -0.2) is 13.1 Å². The molecule has 0 aliphatic heterocycles. The normalized spacial score (nSPS) is 13.2. The van der Waals surface area contributed by atoms with Crippen molar-refractivity contribution < 1.29 is 8.42 Å². The third kappa shape index (κ3) is 4.89. The highest BCUT2D eigenvalue weighted by molar-refractivity contribution is 7.99. The van der Waals surface area contributed by atoms with E-state index in [-0.39, 0.29) is 14.9 Å². The summed E-state index contributed by atoms with van der Waals surface area (Å²) in [4.78, 5) is 0.135. The van der Waals surface area contributed by atoms with Crippen molar-refractivity contribution in [3.63, 3.8) is 0 Å². The van der Waals surface area contributed by atoms with Crippen LogP contribution < -0.4 is 10.5 Å². The molecule has 0 aliphatic carbocycles. The molecule has 1 aromatic carbocycles. The number of hydrogen-bond acceptors (Lipinski definition) is 4. The van der Waals surface area contributed by atoms with E-state index >= 15 is 0 Å². The summed E-state index contributed by atoms with van der Waals surface area (Å²) in [7, 11) is -3.66. The average molecular weight is 353 g/mol. The molecule has 0 amide bonds. The Morgan fingerprint density at radius 1 is 1.55 bits per heavy atom. The first kappa shape index (κ1) is 17.7. The molecule has 0 saturated heterocycles. The van der Waals surface area contributed by atoms with Crippen LogP contribution in [0, 0.1) is 0 Å². The van der Waals surface area contributed by atoms with Crippen molar-refractivity contribution in [1.82, 2.24) is 4.72 Å². The summed E-state index contributed by atoms with van der Waals surface area (Å²) in [6.07, 6.45) is 2.73. The molecule has 0 aromatic heterocycles. The number of rotatable bonds is 7. The van der Waals surface area contributed by atoms with Crippen molar-refractivity contribution in [2.45, 2.75) is 23.5 Å². The van der Waals surface area contributed by atoms with Crippen LogP contribution in [0.4, 0.5) is 0 Å². The molecule has 3 N–H and O–H groups in total. The van der Waals surface area contributed by atoms with Crippen molar-refractivity contribution in [1.29, 1.82) is 0 Å². The van der Waals surface area contributed by atoms with E-state index in [9.17, 15) is 8.42 Å². The molecule has 0 fully saturated rings. The van der Waals surface area contributed by atoms with Crippen LogP contribution in [-0.4, -0.2) is 31.5 Å². The predicted octanol–water partition coefficient (Wildman–Crippen LogP) is 2.39. The van der Waals surface area contributed by atoms with Gasteiger partial charge in [-0.3, -0.25) is 0 Å². The van der Waals surface area contributed by atoms with Crippen LogP contribution in [0.15, 0.2) is 23.1 Å². The molecule has 4 nitrogen and oxygen atoms in total. The third-order valence-electron chi connectivity index (χ3n) is 2.75. The molecule has 112 valence electrons. The molecule has 0 saturated carbocycles. The fourth-order valence-electron chi connectivity index (χ4n) is 1.45. The Labute approximate surface area is 134 Å². The highest BCUT2D eigenvalue weighted by Gasteiger charge is 2.18. The van der Waals surface area contributed by atoms with E-state index in [1.807, 2.05) is 13.2 Å². The van der Waals surface area contributed by atoms with Gasteiger partial charge in [0.25, 0.3) is 0 Å². The van der Waals surface area contributed by atoms with Gasteiger partial charge in [0.2, 0.25) is 10.0 Å². The van der Waals surface area contributed by atoms with E-state index < -0.39 is 10.0 Å². The molecule has 0 bridgehead atoms. The van der Waals surface area contributed by atoms with Crippen molar-refractivity contribution in [2.75, 3.05) is 12.8 Å². The number of thiocarbonyl (C=S) groups is 1. The lowest BCUT2D eigenvalue weighted by Gasteiger charge is -2.11. The third-order valence-corrected chi connectivity index (χ3v) is 5.97. The van der Waals surface area contributed by atoms with Gasteiger partial charge in [-0.1, -0.05) is 36.8 Å². The van der Waals surface area contributed by atoms with Crippen molar-refractivity contribution in [3.8, 4) is 0 Å². The summed E-state index contributed by atoms with van der Waals surface area (Å²) in [5.41, 5.74) is 5.98. The van der Waals surface area contributed by atoms with Crippen LogP contribution >= 0.6 is 35.6 Å². The van der Waals surface area contributed by atoms with Gasteiger partial charge in [0.15, 0.2) is 0 Å². The summed E-state index contributed by atoms with van der Waals surface area (Å²) in [6, 6.07) is 4.47. The quantitative estimate of drug-likeness (QED) is 0.737. The number of hydrogen-bond donors (Lipinski definition) is 2. The summed E-state index contributed by atoms with van der Waals surface area (Å²) >= 11 is 12.5. The van der Waals surface area contributed by atoms with Crippen LogP contribution in [-0.2, 0) is 10.0 Å². The van der Waals surface area contributed by atoms with Gasteiger partial charge in [-0.2, -0.15) is 11.8 Å². The number of thioether (sulfide) groups is 1. The SMILES string of the molecule is CSC(C)CCNS(=O)(=O)c1cc(C(N)=S)ccc1Cl. The van der Waals surface area contributed by atoms with Crippen LogP contribution in [0.5, 0.6) is 0 Å². The van der Waals surface area contributed by atoms with Crippen LogP contribution in [0.2, 0.25) is 5.02 Å². The maximum atomic E-state index is 12.2. The number of halogens is 1. The first-order valence-corrected chi connectivity index (χ1v) is 9.45. The lowest BCUT2D eigenvalue weighted by Crippen LogP contribution is -2.27. The van der Waals surface area contributed by atoms with E-state index in [0.717, 1.165) is 6.42 Å². The zero-order chi connectivity index (χ0) is 15.3. The highest BCUT2D eigenvalue weighted by Crippen LogP contribution is 2.22. The second-order valence-corrected chi connectivity index (χ2v) is 8.10. The fraction of sp³-hybridized carbons (Fsp3) is 0.417. The van der Waals surface area contributed by atoms with Crippen LogP contribution in [0.1, 0.15) is 18.9 Å². The number of sulfonamides is 1. The Morgan fingerprint density at radius 3 is 2.75 bits per heavy atom. The topological polar surface area (TPSA) is 72.2 Å². The van der Waals surface area contributed by atoms with Gasteiger partial charge in [-0.05, 0) is 24.8 Å². The predicted molar refractivity (Wildman–Crippen MR) is 90.1 cm³/mol. The van der Waals surface area contributed by atoms with E-state index in [1.54, 1.807) is 17.8 Å². The number of benzene rings is 1. The lowest BCUT2D eigenvalue weighted by molar-refractivity contribution is 0.579. The second kappa shape index (κ2) is 7.61. The standard InChI is InChI=1S/C12H17ClN2O2S3/c1-8(19-2)5-6-15-20(16,17)11-7-9(12(14)18)3-4-10(11)13/h3-4,7-8,15H,5-6H2,1-2H3,(H2,14,18). The van der Waals surface area contributed by atoms with E-state index in [2.05, 4.69) is 4.72 Å². The first-order valence-electron chi connectivity index (χ1n) is 5.89. The van der Waals surface area contributed by atoms with E-state index in [0.29, 0.717) is 17.4 Å². The first-order chi connectivity index (χ1) is 9.27. The summed E-state index contributed by atoms with van der Waals surface area (Å²) in [5, 5.41) is 0.534. The molecule has 0 heterocycles. The van der Waals surface area contributed by atoms with Crippen molar-refractivity contribution >= 4 is 50.6 Å². The molecular formula is C12H17ClN2O2S3. The smallest absolute Gasteiger partial charge is 0.242 e. The van der Waals surface area contributed by atoms with Crippen LogP contribution in [0.3, 0.4) is 0 Å². The van der Waals surface area contributed by atoms with E-state index in [1.165, 1.54) is 12.1 Å². The Morgan fingerprint density at radius 2 is 2.20 bits per heavy atom. The van der Waals surface area contributed by atoms with Gasteiger partial charge in [0.05, 0.1) is 5.02 Å². The molecule has 1 unspecified atom stereocenters. The minimum atomic E-state index is -3.66. The molecule has 1 rings (SSSR count). The molecule has 1 atom stereocenters. The number of nitrogens with one attached hydrogen (secondary N) is 1. The Kier molecular flexibility index (Phi) is 6.74. The van der Waals surface area contributed by atoms with Crippen LogP contribution in [0.25, 0.3) is 0 Å². The zero-order valence-corrected chi connectivity index (χ0v) is 14.4. The van der Waals surface area contributed by atoms with Gasteiger partial charge in [0, 0.05) is 17.4 Å². The fourth-order valence-corrected chi connectivity index (χ4v) is 3.51. The molecular weight excluding hydrogens is 336 g/mol. The van der Waals surface area contributed by atoms with Gasteiger partial charge in [-0.15, -0.1) is 0 Å². The molecule has 0 radical (unpaired) electrons. The largest absolute Gasteiger partial charge is 0.389 e. The second-order valence-electron chi connectivity index (χ2n) is 4.24. The maximum Gasteiger partial charge on any atom is 0.242 e. The highest BCUT2D eigenvalue weighted by atomic mass is 35.5. The zero-order valence-electron chi connectivity index (χ0n) is 11.2. The van der Waals surface area contributed by atoms with Gasteiger partial charge in [0.1, 0.15) is 9.88 Å². The van der Waals surface area contributed by atoms with Crippen molar-refractivity contribution in [2.24, 2.45) is 5.73 Å². The number of nitrogens with two attached hydrogens (primary N) is 1. The lowest BCUT2D eigenvalue weighted by atomic mass is 10.2. The van der Waals surface area contributed by atoms with Gasteiger partial charge >= 0.3 is 0 Å².